The lowest BCUT2D eigenvalue weighted by atomic mass is 9.86. The van der Waals surface area contributed by atoms with Crippen LogP contribution in [0.4, 0.5) is 0 Å². The minimum absolute atomic E-state index is 0.0709. The molecule has 0 unspecified atom stereocenters. The summed E-state index contributed by atoms with van der Waals surface area (Å²) in [6, 6.07) is 13.1. The number of aryl methyl sites for hydroxylation is 3. The van der Waals surface area contributed by atoms with Crippen molar-refractivity contribution >= 4 is 15.9 Å². The molecule has 2 aromatic rings. The molecule has 0 aromatic heterocycles. The Labute approximate surface area is 198 Å². The molecule has 0 aliphatic carbocycles. The van der Waals surface area contributed by atoms with Crippen molar-refractivity contribution in [1.29, 1.82) is 0 Å². The van der Waals surface area contributed by atoms with Gasteiger partial charge >= 0.3 is 0 Å². The molecule has 0 bridgehead atoms. The zero-order valence-corrected chi connectivity index (χ0v) is 21.2. The molecule has 7 heteroatoms. The fraction of sp³-hybridized carbons (Fsp3) is 0.500. The van der Waals surface area contributed by atoms with Gasteiger partial charge in [-0.2, -0.15) is 4.31 Å². The summed E-state index contributed by atoms with van der Waals surface area (Å²) in [5.41, 5.74) is 2.76. The number of benzene rings is 2. The van der Waals surface area contributed by atoms with Crippen molar-refractivity contribution in [3.8, 4) is 5.75 Å². The lowest BCUT2D eigenvalue weighted by Crippen LogP contribution is -2.53. The van der Waals surface area contributed by atoms with Gasteiger partial charge in [0.05, 0.1) is 11.5 Å². The fourth-order valence-electron chi connectivity index (χ4n) is 4.08. The van der Waals surface area contributed by atoms with Crippen molar-refractivity contribution < 1.29 is 17.9 Å². The molecule has 1 aliphatic heterocycles. The van der Waals surface area contributed by atoms with Gasteiger partial charge < -0.3 is 9.64 Å². The number of piperazine rings is 1. The monoisotopic (exact) mass is 472 g/mol. The number of rotatable bonds is 8. The Bertz CT molecular complexity index is 1070. The van der Waals surface area contributed by atoms with E-state index in [0.717, 1.165) is 28.9 Å². The first-order chi connectivity index (χ1) is 15.5. The second-order valence-electron chi connectivity index (χ2n) is 9.61. The number of nitrogens with zero attached hydrogens (tertiary/aromatic N) is 2. The number of hydrogen-bond donors (Lipinski definition) is 0. The maximum Gasteiger partial charge on any atom is 0.243 e. The van der Waals surface area contributed by atoms with Gasteiger partial charge in [-0.1, -0.05) is 43.7 Å². The second kappa shape index (κ2) is 10.3. The summed E-state index contributed by atoms with van der Waals surface area (Å²) >= 11 is 0. The predicted octanol–water partition coefficient (Wildman–Crippen LogP) is 4.33. The lowest BCUT2D eigenvalue weighted by molar-refractivity contribution is -0.142. The number of sulfonamides is 1. The Morgan fingerprint density at radius 2 is 1.55 bits per heavy atom. The molecule has 1 aliphatic rings. The number of hydrogen-bond acceptors (Lipinski definition) is 4. The Balaban J connectivity index is 1.50. The Morgan fingerprint density at radius 3 is 2.18 bits per heavy atom. The SMILES string of the molecule is Cc1ccc(S(=O)(=O)N2CCN(C(=O)C(C)(C)CCCOc3cc(C)ccc3C)CC2)cc1. The summed E-state index contributed by atoms with van der Waals surface area (Å²) in [6.07, 6.45) is 1.48. The van der Waals surface area contributed by atoms with Crippen molar-refractivity contribution in [3.05, 3.63) is 59.2 Å². The molecule has 6 nitrogen and oxygen atoms in total. The smallest absolute Gasteiger partial charge is 0.243 e. The number of carbonyl (C=O) groups is 1. The van der Waals surface area contributed by atoms with E-state index in [1.807, 2.05) is 40.7 Å². The van der Waals surface area contributed by atoms with Gasteiger partial charge in [0.1, 0.15) is 5.75 Å². The molecule has 0 N–H and O–H groups in total. The van der Waals surface area contributed by atoms with Crippen LogP contribution >= 0.6 is 0 Å². The number of amides is 1. The third kappa shape index (κ3) is 6.15. The second-order valence-corrected chi connectivity index (χ2v) is 11.6. The first-order valence-electron chi connectivity index (χ1n) is 11.6. The quantitative estimate of drug-likeness (QED) is 0.537. The van der Waals surface area contributed by atoms with Crippen molar-refractivity contribution in [2.75, 3.05) is 32.8 Å². The van der Waals surface area contributed by atoms with E-state index in [1.54, 1.807) is 29.2 Å². The first-order valence-corrected chi connectivity index (χ1v) is 13.0. The van der Waals surface area contributed by atoms with Crippen LogP contribution in [0.5, 0.6) is 5.75 Å². The van der Waals surface area contributed by atoms with Gasteiger partial charge in [-0.25, -0.2) is 8.42 Å². The molecular weight excluding hydrogens is 436 g/mol. The van der Waals surface area contributed by atoms with E-state index in [0.29, 0.717) is 44.1 Å². The summed E-state index contributed by atoms with van der Waals surface area (Å²) < 4.78 is 33.3. The van der Waals surface area contributed by atoms with Crippen LogP contribution in [0.25, 0.3) is 0 Å². The van der Waals surface area contributed by atoms with E-state index in [2.05, 4.69) is 12.1 Å². The van der Waals surface area contributed by atoms with Crippen LogP contribution in [0.2, 0.25) is 0 Å². The fourth-order valence-corrected chi connectivity index (χ4v) is 5.51. The first kappa shape index (κ1) is 25.2. The normalized spacial score (nSPS) is 15.5. The summed E-state index contributed by atoms with van der Waals surface area (Å²) in [5.74, 6) is 0.965. The Kier molecular flexibility index (Phi) is 7.85. The summed E-state index contributed by atoms with van der Waals surface area (Å²) in [5, 5.41) is 0. The molecule has 1 saturated heterocycles. The molecular formula is C26H36N2O4S. The average molecular weight is 473 g/mol. The van der Waals surface area contributed by atoms with E-state index in [1.165, 1.54) is 4.31 Å². The molecule has 0 atom stereocenters. The molecule has 1 amide bonds. The van der Waals surface area contributed by atoms with Crippen molar-refractivity contribution in [3.63, 3.8) is 0 Å². The minimum Gasteiger partial charge on any atom is -0.493 e. The summed E-state index contributed by atoms with van der Waals surface area (Å²) in [4.78, 5) is 15.3. The molecule has 3 rings (SSSR count). The number of ether oxygens (including phenoxy) is 1. The van der Waals surface area contributed by atoms with Gasteiger partial charge in [-0.3, -0.25) is 4.79 Å². The van der Waals surface area contributed by atoms with Crippen LogP contribution in [-0.4, -0.2) is 56.3 Å². The van der Waals surface area contributed by atoms with Crippen LogP contribution < -0.4 is 4.74 Å². The van der Waals surface area contributed by atoms with Crippen LogP contribution in [0, 0.1) is 26.2 Å². The average Bonchev–Trinajstić information content (AvgIpc) is 2.78. The van der Waals surface area contributed by atoms with E-state index in [9.17, 15) is 13.2 Å². The summed E-state index contributed by atoms with van der Waals surface area (Å²) in [6.45, 7) is 11.9. The third-order valence-electron chi connectivity index (χ3n) is 6.31. The van der Waals surface area contributed by atoms with E-state index >= 15 is 0 Å². The molecule has 1 fully saturated rings. The van der Waals surface area contributed by atoms with Gasteiger partial charge in [0.2, 0.25) is 15.9 Å². The highest BCUT2D eigenvalue weighted by atomic mass is 32.2. The van der Waals surface area contributed by atoms with Gasteiger partial charge in [0.25, 0.3) is 0 Å². The predicted molar refractivity (Wildman–Crippen MR) is 131 cm³/mol. The Morgan fingerprint density at radius 1 is 0.939 bits per heavy atom. The van der Waals surface area contributed by atoms with Crippen molar-refractivity contribution in [2.45, 2.75) is 52.4 Å². The van der Waals surface area contributed by atoms with Crippen molar-refractivity contribution in [2.24, 2.45) is 5.41 Å². The highest BCUT2D eigenvalue weighted by Gasteiger charge is 2.35. The van der Waals surface area contributed by atoms with E-state index in [-0.39, 0.29) is 5.91 Å². The highest BCUT2D eigenvalue weighted by molar-refractivity contribution is 7.89. The van der Waals surface area contributed by atoms with Crippen LogP contribution in [0.1, 0.15) is 43.4 Å². The standard InChI is InChI=1S/C26H36N2O4S/c1-20-8-11-23(12-9-20)33(30,31)28-16-14-27(15-17-28)25(29)26(4,5)13-6-18-32-24-19-21(2)7-10-22(24)3/h7-12,19H,6,13-18H2,1-5H3. The topological polar surface area (TPSA) is 66.9 Å². The maximum atomic E-state index is 13.2. The van der Waals surface area contributed by atoms with Gasteiger partial charge in [-0.05, 0) is 62.9 Å². The molecule has 180 valence electrons. The van der Waals surface area contributed by atoms with Crippen LogP contribution in [0.15, 0.2) is 47.4 Å². The van der Waals surface area contributed by atoms with E-state index in [4.69, 9.17) is 4.74 Å². The van der Waals surface area contributed by atoms with Gasteiger partial charge in [0, 0.05) is 31.6 Å². The third-order valence-corrected chi connectivity index (χ3v) is 8.22. The Hall–Kier alpha value is -2.38. The van der Waals surface area contributed by atoms with E-state index < -0.39 is 15.4 Å². The van der Waals surface area contributed by atoms with Gasteiger partial charge in [-0.15, -0.1) is 0 Å². The van der Waals surface area contributed by atoms with Crippen LogP contribution in [-0.2, 0) is 14.8 Å². The highest BCUT2D eigenvalue weighted by Crippen LogP contribution is 2.28. The molecule has 0 saturated carbocycles. The molecule has 2 aromatic carbocycles. The number of carbonyl (C=O) groups excluding carboxylic acids is 1. The van der Waals surface area contributed by atoms with Crippen molar-refractivity contribution in [1.82, 2.24) is 9.21 Å². The molecule has 0 spiro atoms. The maximum absolute atomic E-state index is 13.2. The zero-order valence-electron chi connectivity index (χ0n) is 20.4. The zero-order chi connectivity index (χ0) is 24.2. The molecule has 1 heterocycles. The molecule has 0 radical (unpaired) electrons. The largest absolute Gasteiger partial charge is 0.493 e. The minimum atomic E-state index is -3.54. The summed E-state index contributed by atoms with van der Waals surface area (Å²) in [7, 11) is -3.54. The lowest BCUT2D eigenvalue weighted by Gasteiger charge is -2.38. The van der Waals surface area contributed by atoms with Gasteiger partial charge in [0.15, 0.2) is 0 Å². The van der Waals surface area contributed by atoms with Crippen LogP contribution in [0.3, 0.4) is 0 Å². The molecule has 33 heavy (non-hydrogen) atoms.